The lowest BCUT2D eigenvalue weighted by molar-refractivity contribution is -0.111. The Bertz CT molecular complexity index is 281. The number of aryl methyl sites for hydroxylation is 1. The van der Waals surface area contributed by atoms with Crippen molar-refractivity contribution in [3.63, 3.8) is 0 Å². The van der Waals surface area contributed by atoms with Gasteiger partial charge in [0.2, 0.25) is 5.24 Å². The van der Waals surface area contributed by atoms with Gasteiger partial charge in [0, 0.05) is 10.9 Å². The van der Waals surface area contributed by atoms with Gasteiger partial charge in [-0.1, -0.05) is 28.1 Å². The van der Waals surface area contributed by atoms with Crippen LogP contribution in [-0.2, 0) is 11.2 Å². The zero-order valence-corrected chi connectivity index (χ0v) is 9.44. The highest BCUT2D eigenvalue weighted by Crippen LogP contribution is 2.12. The Balaban J connectivity index is 2.37. The summed E-state index contributed by atoms with van der Waals surface area (Å²) in [4.78, 5) is 10.4. The van der Waals surface area contributed by atoms with Crippen molar-refractivity contribution < 1.29 is 4.79 Å². The minimum atomic E-state index is -0.253. The molecule has 0 bridgehead atoms. The average Bonchev–Trinajstić information content (AvgIpc) is 2.08. The maximum Gasteiger partial charge on any atom is 0.221 e. The second-order valence-corrected chi connectivity index (χ2v) is 4.17. The van der Waals surface area contributed by atoms with Crippen molar-refractivity contribution in [1.82, 2.24) is 0 Å². The molecule has 70 valence electrons. The molecule has 0 N–H and O–H groups in total. The molecule has 0 aromatic heterocycles. The molecule has 1 aromatic rings. The smallest absolute Gasteiger partial charge is 0.221 e. The molecule has 3 heteroatoms. The van der Waals surface area contributed by atoms with Crippen LogP contribution in [0.4, 0.5) is 0 Å². The molecule has 0 atom stereocenters. The van der Waals surface area contributed by atoms with Crippen LogP contribution in [0.2, 0.25) is 0 Å². The van der Waals surface area contributed by atoms with Crippen LogP contribution in [-0.4, -0.2) is 5.24 Å². The molecule has 0 fully saturated rings. The van der Waals surface area contributed by atoms with Crippen LogP contribution >= 0.6 is 27.5 Å². The van der Waals surface area contributed by atoms with E-state index in [9.17, 15) is 4.79 Å². The van der Waals surface area contributed by atoms with Gasteiger partial charge in [-0.15, -0.1) is 0 Å². The molecule has 0 heterocycles. The van der Waals surface area contributed by atoms with Gasteiger partial charge >= 0.3 is 0 Å². The molecule has 0 aliphatic carbocycles. The number of carbonyl (C=O) groups is 1. The molecular weight excluding hydrogens is 251 g/mol. The van der Waals surface area contributed by atoms with Crippen LogP contribution in [0.1, 0.15) is 18.4 Å². The molecule has 13 heavy (non-hydrogen) atoms. The van der Waals surface area contributed by atoms with E-state index in [1.807, 2.05) is 24.3 Å². The lowest BCUT2D eigenvalue weighted by atomic mass is 10.1. The number of hydrogen-bond donors (Lipinski definition) is 0. The summed E-state index contributed by atoms with van der Waals surface area (Å²) in [6, 6.07) is 8.08. The van der Waals surface area contributed by atoms with Crippen molar-refractivity contribution in [2.75, 3.05) is 0 Å². The van der Waals surface area contributed by atoms with Crippen LogP contribution in [0.3, 0.4) is 0 Å². The van der Waals surface area contributed by atoms with Crippen LogP contribution in [0, 0.1) is 0 Å². The first-order valence-corrected chi connectivity index (χ1v) is 5.28. The Morgan fingerprint density at radius 3 is 2.46 bits per heavy atom. The molecule has 1 rings (SSSR count). The minimum Gasteiger partial charge on any atom is -0.281 e. The maximum atomic E-state index is 10.4. The van der Waals surface area contributed by atoms with Crippen LogP contribution < -0.4 is 0 Å². The molecule has 1 aromatic carbocycles. The largest absolute Gasteiger partial charge is 0.281 e. The van der Waals surface area contributed by atoms with Crippen molar-refractivity contribution in [1.29, 1.82) is 0 Å². The van der Waals surface area contributed by atoms with E-state index in [0.29, 0.717) is 6.42 Å². The number of carbonyl (C=O) groups excluding carboxylic acids is 1. The second-order valence-electron chi connectivity index (χ2n) is 2.84. The van der Waals surface area contributed by atoms with Gasteiger partial charge < -0.3 is 0 Å². The Kier molecular flexibility index (Phi) is 4.46. The topological polar surface area (TPSA) is 17.1 Å². The lowest BCUT2D eigenvalue weighted by Crippen LogP contribution is -1.89. The highest BCUT2D eigenvalue weighted by molar-refractivity contribution is 9.10. The summed E-state index contributed by atoms with van der Waals surface area (Å²) in [6.45, 7) is 0. The van der Waals surface area contributed by atoms with E-state index in [-0.39, 0.29) is 5.24 Å². The molecule has 0 saturated carbocycles. The van der Waals surface area contributed by atoms with Crippen molar-refractivity contribution in [2.24, 2.45) is 0 Å². The van der Waals surface area contributed by atoms with Gasteiger partial charge in [0.1, 0.15) is 0 Å². The first kappa shape index (κ1) is 10.7. The summed E-state index contributed by atoms with van der Waals surface area (Å²) >= 11 is 8.58. The van der Waals surface area contributed by atoms with Gasteiger partial charge in [-0.2, -0.15) is 0 Å². The second kappa shape index (κ2) is 5.40. The minimum absolute atomic E-state index is 0.253. The maximum absolute atomic E-state index is 10.4. The van der Waals surface area contributed by atoms with Crippen LogP contribution in [0.15, 0.2) is 28.7 Å². The molecule has 0 spiro atoms. The third-order valence-corrected chi connectivity index (χ3v) is 2.47. The van der Waals surface area contributed by atoms with Gasteiger partial charge in [0.15, 0.2) is 0 Å². The van der Waals surface area contributed by atoms with E-state index >= 15 is 0 Å². The monoisotopic (exact) mass is 260 g/mol. The number of rotatable bonds is 4. The highest BCUT2D eigenvalue weighted by Gasteiger charge is 1.97. The first-order valence-electron chi connectivity index (χ1n) is 4.11. The number of halogens is 2. The summed E-state index contributed by atoms with van der Waals surface area (Å²) in [7, 11) is 0. The van der Waals surface area contributed by atoms with Gasteiger partial charge in [0.05, 0.1) is 0 Å². The van der Waals surface area contributed by atoms with E-state index < -0.39 is 0 Å². The fourth-order valence-electron chi connectivity index (χ4n) is 1.08. The fraction of sp³-hybridized carbons (Fsp3) is 0.300. The van der Waals surface area contributed by atoms with E-state index in [0.717, 1.165) is 17.3 Å². The Labute approximate surface area is 91.2 Å². The van der Waals surface area contributed by atoms with Crippen molar-refractivity contribution in [2.45, 2.75) is 19.3 Å². The Hall–Kier alpha value is -0.340. The van der Waals surface area contributed by atoms with E-state index in [4.69, 9.17) is 11.6 Å². The van der Waals surface area contributed by atoms with E-state index in [1.165, 1.54) is 5.56 Å². The van der Waals surface area contributed by atoms with Crippen LogP contribution in [0.5, 0.6) is 0 Å². The first-order chi connectivity index (χ1) is 6.18. The van der Waals surface area contributed by atoms with Gasteiger partial charge in [-0.3, -0.25) is 4.79 Å². The SMILES string of the molecule is O=C(Cl)CCCc1ccc(Br)cc1. The molecule has 0 aliphatic heterocycles. The average molecular weight is 262 g/mol. The molecule has 0 amide bonds. The third kappa shape index (κ3) is 4.44. The highest BCUT2D eigenvalue weighted by atomic mass is 79.9. The molecule has 0 radical (unpaired) electrons. The molecule has 1 nitrogen and oxygen atoms in total. The predicted octanol–water partition coefficient (Wildman–Crippen LogP) is 3.54. The standard InChI is InChI=1S/C10H10BrClO/c11-9-6-4-8(5-7-9)2-1-3-10(12)13/h4-7H,1-3H2. The van der Waals surface area contributed by atoms with Crippen molar-refractivity contribution in [3.8, 4) is 0 Å². The molecule has 0 aliphatic rings. The zero-order valence-electron chi connectivity index (χ0n) is 7.09. The predicted molar refractivity (Wildman–Crippen MR) is 57.9 cm³/mol. The third-order valence-electron chi connectivity index (χ3n) is 1.75. The number of hydrogen-bond acceptors (Lipinski definition) is 1. The molecule has 0 saturated heterocycles. The summed E-state index contributed by atoms with van der Waals surface area (Å²) in [5, 5.41) is -0.253. The van der Waals surface area contributed by atoms with Crippen molar-refractivity contribution in [3.05, 3.63) is 34.3 Å². The van der Waals surface area contributed by atoms with Gasteiger partial charge in [0.25, 0.3) is 0 Å². The Morgan fingerprint density at radius 2 is 1.92 bits per heavy atom. The fourth-order valence-corrected chi connectivity index (χ4v) is 1.48. The van der Waals surface area contributed by atoms with E-state index in [1.54, 1.807) is 0 Å². The molecular formula is C10H10BrClO. The summed E-state index contributed by atoms with van der Waals surface area (Å²) in [5.41, 5.74) is 1.24. The van der Waals surface area contributed by atoms with Crippen LogP contribution in [0.25, 0.3) is 0 Å². The van der Waals surface area contributed by atoms with Gasteiger partial charge in [-0.25, -0.2) is 0 Å². The number of benzene rings is 1. The normalized spacial score (nSPS) is 10.0. The Morgan fingerprint density at radius 1 is 1.31 bits per heavy atom. The quantitative estimate of drug-likeness (QED) is 0.758. The summed E-state index contributed by atoms with van der Waals surface area (Å²) in [6.07, 6.45) is 2.19. The zero-order chi connectivity index (χ0) is 9.68. The van der Waals surface area contributed by atoms with Crippen molar-refractivity contribution >= 4 is 32.8 Å². The summed E-state index contributed by atoms with van der Waals surface area (Å²) < 4.78 is 1.07. The molecule has 0 unspecified atom stereocenters. The summed E-state index contributed by atoms with van der Waals surface area (Å²) in [5.74, 6) is 0. The van der Waals surface area contributed by atoms with E-state index in [2.05, 4.69) is 15.9 Å². The lowest BCUT2D eigenvalue weighted by Gasteiger charge is -1.99. The van der Waals surface area contributed by atoms with Gasteiger partial charge in [-0.05, 0) is 42.1 Å².